The molecule has 0 amide bonds. The molecule has 0 aliphatic rings. The van der Waals surface area contributed by atoms with Crippen LogP contribution in [-0.4, -0.2) is 26.8 Å². The number of aromatic nitrogens is 2. The quantitative estimate of drug-likeness (QED) is 0.848. The van der Waals surface area contributed by atoms with Crippen molar-refractivity contribution in [2.24, 2.45) is 0 Å². The summed E-state index contributed by atoms with van der Waals surface area (Å²) in [5.74, 6) is -0.803. The van der Waals surface area contributed by atoms with Gasteiger partial charge in [0, 0.05) is 6.20 Å². The molecule has 6 nitrogen and oxygen atoms in total. The molecule has 1 heterocycles. The summed E-state index contributed by atoms with van der Waals surface area (Å²) < 4.78 is 5.51. The number of nitrogens with zero attached hydrogens (tertiary/aromatic N) is 2. The number of carboxylic acid groups (broad SMARTS) is 1. The molecule has 108 valence electrons. The minimum atomic E-state index is -1.26. The summed E-state index contributed by atoms with van der Waals surface area (Å²) in [4.78, 5) is 30.3. The van der Waals surface area contributed by atoms with E-state index in [4.69, 9.17) is 9.84 Å². The molecular formula is C15H14N2O4. The van der Waals surface area contributed by atoms with E-state index in [1.54, 1.807) is 6.07 Å². The van der Waals surface area contributed by atoms with E-state index in [1.165, 1.54) is 13.1 Å². The number of hydrogen-bond acceptors (Lipinski definition) is 5. The molecule has 6 heteroatoms. The highest BCUT2D eigenvalue weighted by molar-refractivity contribution is 6.03. The molecule has 21 heavy (non-hydrogen) atoms. The van der Waals surface area contributed by atoms with Gasteiger partial charge in [0.25, 0.3) is 0 Å². The molecule has 0 saturated carbocycles. The Morgan fingerprint density at radius 2 is 2.10 bits per heavy atom. The molecule has 1 N–H and O–H groups in total. The van der Waals surface area contributed by atoms with Crippen LogP contribution in [0.4, 0.5) is 0 Å². The third-order valence-corrected chi connectivity index (χ3v) is 2.78. The van der Waals surface area contributed by atoms with Crippen LogP contribution in [0.2, 0.25) is 0 Å². The van der Waals surface area contributed by atoms with Crippen molar-refractivity contribution >= 4 is 11.8 Å². The van der Waals surface area contributed by atoms with E-state index in [-0.39, 0.29) is 23.7 Å². The van der Waals surface area contributed by atoms with E-state index in [0.717, 1.165) is 5.56 Å². The van der Waals surface area contributed by atoms with Crippen LogP contribution in [0.5, 0.6) is 5.75 Å². The Morgan fingerprint density at radius 1 is 1.33 bits per heavy atom. The van der Waals surface area contributed by atoms with Gasteiger partial charge in [0.15, 0.2) is 17.3 Å². The first-order valence-electron chi connectivity index (χ1n) is 6.27. The zero-order valence-electron chi connectivity index (χ0n) is 11.7. The number of aryl methyl sites for hydroxylation is 1. The normalized spacial score (nSPS) is 10.2. The fraction of sp³-hybridized carbons (Fsp3) is 0.200. The number of ether oxygens (including phenoxy) is 1. The second-order valence-electron chi connectivity index (χ2n) is 4.52. The molecule has 1 aromatic heterocycles. The van der Waals surface area contributed by atoms with Crippen molar-refractivity contribution in [3.05, 3.63) is 53.1 Å². The maximum Gasteiger partial charge on any atom is 0.355 e. The van der Waals surface area contributed by atoms with Gasteiger partial charge in [-0.3, -0.25) is 4.79 Å². The van der Waals surface area contributed by atoms with Crippen molar-refractivity contribution < 1.29 is 19.4 Å². The van der Waals surface area contributed by atoms with E-state index in [2.05, 4.69) is 9.97 Å². The molecule has 1 aromatic carbocycles. The smallest absolute Gasteiger partial charge is 0.355 e. The molecule has 0 fully saturated rings. The van der Waals surface area contributed by atoms with Gasteiger partial charge in [0.05, 0.1) is 5.56 Å². The van der Waals surface area contributed by atoms with Crippen LogP contribution < -0.4 is 4.74 Å². The van der Waals surface area contributed by atoms with E-state index in [0.29, 0.717) is 5.75 Å². The monoisotopic (exact) mass is 286 g/mol. The third kappa shape index (κ3) is 3.62. The van der Waals surface area contributed by atoms with Gasteiger partial charge < -0.3 is 9.84 Å². The molecule has 0 bridgehead atoms. The Morgan fingerprint density at radius 3 is 2.71 bits per heavy atom. The summed E-state index contributed by atoms with van der Waals surface area (Å²) in [5, 5.41) is 9.08. The SMILES string of the molecule is CC(=O)c1cnc(COc2cccc(C)c2)nc1C(=O)O. The summed E-state index contributed by atoms with van der Waals surface area (Å²) >= 11 is 0. The summed E-state index contributed by atoms with van der Waals surface area (Å²) in [6, 6.07) is 7.43. The molecule has 2 aromatic rings. The van der Waals surface area contributed by atoms with Gasteiger partial charge in [-0.15, -0.1) is 0 Å². The number of ketones is 1. The number of hydrogen-bond donors (Lipinski definition) is 1. The molecule has 0 saturated heterocycles. The third-order valence-electron chi connectivity index (χ3n) is 2.78. The first kappa shape index (κ1) is 14.6. The van der Waals surface area contributed by atoms with Crippen LogP contribution in [0.25, 0.3) is 0 Å². The van der Waals surface area contributed by atoms with E-state index in [9.17, 15) is 9.59 Å². The van der Waals surface area contributed by atoms with Crippen LogP contribution in [0.3, 0.4) is 0 Å². The molecule has 0 atom stereocenters. The van der Waals surface area contributed by atoms with Crippen LogP contribution in [0.15, 0.2) is 30.5 Å². The maximum atomic E-state index is 11.3. The predicted molar refractivity (Wildman–Crippen MR) is 74.5 cm³/mol. The Hall–Kier alpha value is -2.76. The maximum absolute atomic E-state index is 11.3. The zero-order chi connectivity index (χ0) is 15.4. The predicted octanol–water partition coefficient (Wildman–Crippen LogP) is 2.26. The molecule has 0 aliphatic carbocycles. The van der Waals surface area contributed by atoms with Crippen molar-refractivity contribution in [2.45, 2.75) is 20.5 Å². The van der Waals surface area contributed by atoms with Gasteiger partial charge in [-0.25, -0.2) is 14.8 Å². The fourth-order valence-electron chi connectivity index (χ4n) is 1.76. The van der Waals surface area contributed by atoms with Crippen molar-refractivity contribution in [3.8, 4) is 5.75 Å². The Bertz CT molecular complexity index is 698. The number of carboxylic acids is 1. The second-order valence-corrected chi connectivity index (χ2v) is 4.52. The van der Waals surface area contributed by atoms with Crippen LogP contribution in [0.1, 0.15) is 39.2 Å². The summed E-state index contributed by atoms with van der Waals surface area (Å²) in [6.45, 7) is 3.24. The number of carbonyl (C=O) groups excluding carboxylic acids is 1. The van der Waals surface area contributed by atoms with Crippen molar-refractivity contribution in [2.75, 3.05) is 0 Å². The molecular weight excluding hydrogens is 272 g/mol. The van der Waals surface area contributed by atoms with E-state index < -0.39 is 11.8 Å². The second kappa shape index (κ2) is 6.13. The van der Waals surface area contributed by atoms with Gasteiger partial charge in [0.2, 0.25) is 0 Å². The number of rotatable bonds is 5. The van der Waals surface area contributed by atoms with Crippen molar-refractivity contribution in [1.29, 1.82) is 0 Å². The lowest BCUT2D eigenvalue weighted by molar-refractivity contribution is 0.0684. The van der Waals surface area contributed by atoms with Gasteiger partial charge in [-0.1, -0.05) is 12.1 Å². The van der Waals surface area contributed by atoms with Crippen LogP contribution in [0, 0.1) is 6.92 Å². The highest BCUT2D eigenvalue weighted by Gasteiger charge is 2.17. The number of carbonyl (C=O) groups is 2. The van der Waals surface area contributed by atoms with E-state index >= 15 is 0 Å². The molecule has 0 aliphatic heterocycles. The topological polar surface area (TPSA) is 89.4 Å². The largest absolute Gasteiger partial charge is 0.486 e. The minimum Gasteiger partial charge on any atom is -0.486 e. The Balaban J connectivity index is 2.19. The number of benzene rings is 1. The van der Waals surface area contributed by atoms with Crippen molar-refractivity contribution in [3.63, 3.8) is 0 Å². The fourth-order valence-corrected chi connectivity index (χ4v) is 1.76. The van der Waals surface area contributed by atoms with Gasteiger partial charge >= 0.3 is 5.97 Å². The lowest BCUT2D eigenvalue weighted by Gasteiger charge is -2.07. The van der Waals surface area contributed by atoms with Crippen LogP contribution in [-0.2, 0) is 6.61 Å². The minimum absolute atomic E-state index is 0.0122. The molecule has 0 radical (unpaired) electrons. The number of Topliss-reactive ketones (excluding diaryl/α,β-unsaturated/α-hetero) is 1. The molecule has 2 rings (SSSR count). The highest BCUT2D eigenvalue weighted by Crippen LogP contribution is 2.14. The van der Waals surface area contributed by atoms with Gasteiger partial charge in [-0.2, -0.15) is 0 Å². The number of aromatic carboxylic acids is 1. The average Bonchev–Trinajstić information content (AvgIpc) is 2.44. The van der Waals surface area contributed by atoms with Gasteiger partial charge in [0.1, 0.15) is 12.4 Å². The first-order valence-corrected chi connectivity index (χ1v) is 6.27. The first-order chi connectivity index (χ1) is 9.97. The zero-order valence-corrected chi connectivity index (χ0v) is 11.7. The summed E-state index contributed by atoms with van der Waals surface area (Å²) in [5.41, 5.74) is 0.730. The van der Waals surface area contributed by atoms with Gasteiger partial charge in [-0.05, 0) is 31.5 Å². The van der Waals surface area contributed by atoms with Crippen molar-refractivity contribution in [1.82, 2.24) is 9.97 Å². The average molecular weight is 286 g/mol. The summed E-state index contributed by atoms with van der Waals surface area (Å²) in [7, 11) is 0. The lowest BCUT2D eigenvalue weighted by atomic mass is 10.1. The standard InChI is InChI=1S/C15H14N2O4/c1-9-4-3-5-11(6-9)21-8-13-16-7-12(10(2)18)14(17-13)15(19)20/h3-7H,8H2,1-2H3,(H,19,20). The molecule has 0 spiro atoms. The van der Waals surface area contributed by atoms with E-state index in [1.807, 2.05) is 25.1 Å². The summed E-state index contributed by atoms with van der Waals surface area (Å²) in [6.07, 6.45) is 1.22. The highest BCUT2D eigenvalue weighted by atomic mass is 16.5. The molecule has 0 unspecified atom stereocenters. The lowest BCUT2D eigenvalue weighted by Crippen LogP contribution is -2.13. The van der Waals surface area contributed by atoms with Crippen LogP contribution >= 0.6 is 0 Å². The Kier molecular flexibility index (Phi) is 4.27. The Labute approximate surface area is 121 Å².